The molecule has 9 nitrogen and oxygen atoms in total. The number of piperazine rings is 1. The van der Waals surface area contributed by atoms with Crippen molar-refractivity contribution in [2.75, 3.05) is 18.0 Å². The van der Waals surface area contributed by atoms with E-state index in [-0.39, 0.29) is 17.6 Å². The van der Waals surface area contributed by atoms with E-state index in [2.05, 4.69) is 21.9 Å². The van der Waals surface area contributed by atoms with Crippen LogP contribution in [-0.4, -0.2) is 57.5 Å². The Hall–Kier alpha value is -3.79. The van der Waals surface area contributed by atoms with Gasteiger partial charge in [-0.2, -0.15) is 0 Å². The maximum atomic E-state index is 13.3. The number of aromatic amines is 1. The van der Waals surface area contributed by atoms with Gasteiger partial charge in [-0.15, -0.1) is 11.3 Å². The number of nitrogens with two attached hydrogens (primary N) is 1. The summed E-state index contributed by atoms with van der Waals surface area (Å²) < 4.78 is 0. The average Bonchev–Trinajstić information content (AvgIpc) is 3.48. The molecule has 0 saturated carbocycles. The van der Waals surface area contributed by atoms with Crippen molar-refractivity contribution < 1.29 is 9.59 Å². The summed E-state index contributed by atoms with van der Waals surface area (Å²) in [6, 6.07) is 9.73. The molecule has 0 atom stereocenters. The van der Waals surface area contributed by atoms with E-state index in [0.717, 1.165) is 51.6 Å². The molecule has 36 heavy (non-hydrogen) atoms. The Kier molecular flexibility index (Phi) is 7.07. The summed E-state index contributed by atoms with van der Waals surface area (Å²) in [6.45, 7) is 8.07. The number of H-pyrrole nitrogens is 1. The number of nitrogens with one attached hydrogen (secondary N) is 2. The predicted molar refractivity (Wildman–Crippen MR) is 145 cm³/mol. The molecule has 2 amide bonds. The van der Waals surface area contributed by atoms with Gasteiger partial charge in [0.25, 0.3) is 5.91 Å². The molecule has 188 valence electrons. The van der Waals surface area contributed by atoms with Crippen molar-refractivity contribution in [3.8, 4) is 21.7 Å². The second kappa shape index (κ2) is 10.1. The first-order chi connectivity index (χ1) is 17.2. The minimum absolute atomic E-state index is 0.109. The van der Waals surface area contributed by atoms with Crippen LogP contribution in [0.15, 0.2) is 41.5 Å². The number of aromatic nitrogens is 2. The van der Waals surface area contributed by atoms with Crippen LogP contribution < -0.4 is 10.6 Å². The summed E-state index contributed by atoms with van der Waals surface area (Å²) in [6.07, 6.45) is 4.68. The number of aryl methyl sites for hydroxylation is 1. The maximum Gasteiger partial charge on any atom is 0.252 e. The Morgan fingerprint density at radius 1 is 1.33 bits per heavy atom. The van der Waals surface area contributed by atoms with Crippen LogP contribution in [0.5, 0.6) is 0 Å². The minimum atomic E-state index is -0.924. The average molecular weight is 506 g/mol. The molecule has 2 aromatic heterocycles. The zero-order valence-electron chi connectivity index (χ0n) is 21.0. The van der Waals surface area contributed by atoms with Gasteiger partial charge in [0.1, 0.15) is 17.7 Å². The van der Waals surface area contributed by atoms with Crippen LogP contribution in [-0.2, 0) is 16.0 Å². The van der Waals surface area contributed by atoms with Crippen molar-refractivity contribution in [1.29, 1.82) is 5.41 Å². The van der Waals surface area contributed by atoms with Crippen LogP contribution >= 0.6 is 11.3 Å². The van der Waals surface area contributed by atoms with Crippen molar-refractivity contribution in [2.24, 2.45) is 10.7 Å². The summed E-state index contributed by atoms with van der Waals surface area (Å²) in [5.74, 6) is -0.0166. The van der Waals surface area contributed by atoms with E-state index in [0.29, 0.717) is 18.8 Å². The van der Waals surface area contributed by atoms with E-state index < -0.39 is 5.54 Å². The summed E-state index contributed by atoms with van der Waals surface area (Å²) in [5, 5.41) is 8.39. The SMILES string of the molecule is CCCc1ncc(-c2cc(-c3cccc(N4CCN(C(C)=O)C(C)(C)C4=O)c3)[nH]c2/C(N)=N\C=N)s1. The van der Waals surface area contributed by atoms with E-state index in [1.54, 1.807) is 35.0 Å². The quantitative estimate of drug-likeness (QED) is 0.330. The first-order valence-corrected chi connectivity index (χ1v) is 12.7. The molecule has 3 aromatic rings. The van der Waals surface area contributed by atoms with Crippen molar-refractivity contribution in [1.82, 2.24) is 14.9 Å². The molecule has 1 aliphatic rings. The lowest BCUT2D eigenvalue weighted by molar-refractivity contribution is -0.145. The van der Waals surface area contributed by atoms with Crippen LogP contribution in [0.1, 0.15) is 44.8 Å². The van der Waals surface area contributed by atoms with Gasteiger partial charge in [-0.05, 0) is 44.9 Å². The van der Waals surface area contributed by atoms with E-state index in [9.17, 15) is 9.59 Å². The lowest BCUT2D eigenvalue weighted by atomic mass is 9.96. The number of aliphatic imine (C=N–C) groups is 1. The number of amides is 2. The number of thiazole rings is 1. The zero-order chi connectivity index (χ0) is 26.0. The van der Waals surface area contributed by atoms with E-state index in [1.807, 2.05) is 36.5 Å². The van der Waals surface area contributed by atoms with Crippen LogP contribution in [0.2, 0.25) is 0 Å². The van der Waals surface area contributed by atoms with E-state index in [1.165, 1.54) is 6.92 Å². The molecule has 1 aromatic carbocycles. The Morgan fingerprint density at radius 3 is 2.81 bits per heavy atom. The highest BCUT2D eigenvalue weighted by Crippen LogP contribution is 2.35. The third-order valence-corrected chi connectivity index (χ3v) is 7.49. The number of carbonyl (C=O) groups excluding carboxylic acids is 2. The molecule has 1 fully saturated rings. The number of anilines is 1. The van der Waals surface area contributed by atoms with Crippen molar-refractivity contribution in [3.05, 3.63) is 47.2 Å². The van der Waals surface area contributed by atoms with Crippen molar-refractivity contribution in [3.63, 3.8) is 0 Å². The van der Waals surface area contributed by atoms with Gasteiger partial charge in [-0.1, -0.05) is 19.1 Å². The molecule has 4 rings (SSSR count). The number of carbonyl (C=O) groups is 2. The largest absolute Gasteiger partial charge is 0.382 e. The lowest BCUT2D eigenvalue weighted by Gasteiger charge is -2.45. The standard InChI is InChI=1S/C26H31N7O2S/c1-5-7-22-29-14-21(36-22)19-13-20(31-23(19)24(28)30-15-27)17-8-6-9-18(12-17)32-10-11-33(16(2)34)26(3,4)25(32)35/h6,8-9,12-15,31H,5,7,10-11H2,1-4H3,(H3,27,28,30). The minimum Gasteiger partial charge on any atom is -0.382 e. The summed E-state index contributed by atoms with van der Waals surface area (Å²) in [7, 11) is 0. The molecule has 0 spiro atoms. The van der Waals surface area contributed by atoms with Crippen molar-refractivity contribution in [2.45, 2.75) is 46.1 Å². The van der Waals surface area contributed by atoms with Gasteiger partial charge >= 0.3 is 0 Å². The zero-order valence-corrected chi connectivity index (χ0v) is 21.8. The molecule has 0 bridgehead atoms. The number of hydrogen-bond donors (Lipinski definition) is 3. The molecule has 1 aliphatic heterocycles. The molecule has 0 radical (unpaired) electrons. The van der Waals surface area contributed by atoms with Crippen LogP contribution in [0, 0.1) is 5.41 Å². The fraction of sp³-hybridized carbons (Fsp3) is 0.346. The smallest absolute Gasteiger partial charge is 0.252 e. The Morgan fingerprint density at radius 2 is 2.11 bits per heavy atom. The third-order valence-electron chi connectivity index (χ3n) is 6.40. The second-order valence-corrected chi connectivity index (χ2v) is 10.3. The first-order valence-electron chi connectivity index (χ1n) is 11.9. The number of hydrogen-bond acceptors (Lipinski definition) is 5. The highest BCUT2D eigenvalue weighted by Gasteiger charge is 2.43. The van der Waals surface area contributed by atoms with Gasteiger partial charge in [0.15, 0.2) is 0 Å². The molecule has 0 aliphatic carbocycles. The molecular weight excluding hydrogens is 474 g/mol. The van der Waals surface area contributed by atoms with Crippen LogP contribution in [0.4, 0.5) is 5.69 Å². The summed E-state index contributed by atoms with van der Waals surface area (Å²) in [4.78, 5) is 41.6. The highest BCUT2D eigenvalue weighted by molar-refractivity contribution is 7.15. The highest BCUT2D eigenvalue weighted by atomic mass is 32.1. The van der Waals surface area contributed by atoms with Crippen LogP contribution in [0.25, 0.3) is 21.7 Å². The Labute approximate surface area is 214 Å². The van der Waals surface area contributed by atoms with Gasteiger partial charge in [-0.3, -0.25) is 15.0 Å². The number of benzene rings is 1. The van der Waals surface area contributed by atoms with Crippen LogP contribution in [0.3, 0.4) is 0 Å². The van der Waals surface area contributed by atoms with E-state index in [4.69, 9.17) is 11.1 Å². The summed E-state index contributed by atoms with van der Waals surface area (Å²) >= 11 is 1.61. The molecular formula is C26H31N7O2S. The fourth-order valence-corrected chi connectivity index (χ4v) is 5.61. The number of nitrogens with zero attached hydrogens (tertiary/aromatic N) is 4. The van der Waals surface area contributed by atoms with Gasteiger partial charge in [0, 0.05) is 48.7 Å². The Balaban J connectivity index is 1.73. The molecule has 1 saturated heterocycles. The fourth-order valence-electron chi connectivity index (χ4n) is 4.57. The molecule has 0 unspecified atom stereocenters. The van der Waals surface area contributed by atoms with Gasteiger partial charge < -0.3 is 20.5 Å². The normalized spacial score (nSPS) is 15.9. The van der Waals surface area contributed by atoms with Gasteiger partial charge in [-0.25, -0.2) is 9.98 Å². The topological polar surface area (TPSA) is 132 Å². The van der Waals surface area contributed by atoms with E-state index >= 15 is 0 Å². The summed E-state index contributed by atoms with van der Waals surface area (Å²) in [5.41, 5.74) is 9.21. The van der Waals surface area contributed by atoms with Crippen molar-refractivity contribution >= 4 is 41.0 Å². The molecule has 3 heterocycles. The number of amidine groups is 1. The third kappa shape index (κ3) is 4.68. The maximum absolute atomic E-state index is 13.3. The molecule has 10 heteroatoms. The van der Waals surface area contributed by atoms with Gasteiger partial charge in [0.2, 0.25) is 5.91 Å². The first kappa shape index (κ1) is 25.3. The predicted octanol–water partition coefficient (Wildman–Crippen LogP) is 4.04. The monoisotopic (exact) mass is 505 g/mol. The second-order valence-electron chi connectivity index (χ2n) is 9.22. The lowest BCUT2D eigenvalue weighted by Crippen LogP contribution is -2.64. The van der Waals surface area contributed by atoms with Gasteiger partial charge in [0.05, 0.1) is 15.6 Å². The Bertz CT molecular complexity index is 1340. The number of rotatable bonds is 7. The molecule has 4 N–H and O–H groups in total.